The van der Waals surface area contributed by atoms with Gasteiger partial charge in [0.1, 0.15) is 0 Å². The summed E-state index contributed by atoms with van der Waals surface area (Å²) in [5.41, 5.74) is 4.24. The molecule has 0 heterocycles. The highest BCUT2D eigenvalue weighted by Crippen LogP contribution is 2.21. The minimum atomic E-state index is -0.268. The van der Waals surface area contributed by atoms with Gasteiger partial charge < -0.3 is 5.32 Å². The predicted molar refractivity (Wildman–Crippen MR) is 54.6 cm³/mol. The average Bonchev–Trinajstić information content (AvgIpc) is 1.96. The van der Waals surface area contributed by atoms with Crippen LogP contribution < -0.4 is 5.32 Å². The number of carbonyl (C=O) groups excluding carboxylic acids is 1. The van der Waals surface area contributed by atoms with Crippen molar-refractivity contribution in [2.24, 2.45) is 0 Å². The molecule has 69 valence electrons. The first kappa shape index (κ1) is 9.78. The topological polar surface area (TPSA) is 29.1 Å². The largest absolute Gasteiger partial charge is 0.326 e. The standard InChI is InChI=1S/C11H14NO/c1-7-5-8(2)11(9(3)6-7)12-10(4)13/h5-6H,4H2,1-3H3,(H,12,13). The second-order valence-electron chi connectivity index (χ2n) is 3.32. The fraction of sp³-hybridized carbons (Fsp3) is 0.273. The molecule has 2 heteroatoms. The normalized spacial score (nSPS) is 9.85. The van der Waals surface area contributed by atoms with Crippen molar-refractivity contribution in [2.75, 3.05) is 5.32 Å². The zero-order valence-electron chi connectivity index (χ0n) is 8.27. The molecule has 0 unspecified atom stereocenters. The van der Waals surface area contributed by atoms with Crippen LogP contribution in [-0.2, 0) is 4.79 Å². The molecule has 1 aromatic carbocycles. The van der Waals surface area contributed by atoms with Crippen LogP contribution in [0.4, 0.5) is 5.69 Å². The lowest BCUT2D eigenvalue weighted by molar-refractivity contribution is -0.112. The summed E-state index contributed by atoms with van der Waals surface area (Å²) in [5, 5.41) is 2.72. The first-order chi connectivity index (χ1) is 6.00. The molecule has 0 atom stereocenters. The van der Waals surface area contributed by atoms with E-state index in [4.69, 9.17) is 0 Å². The van der Waals surface area contributed by atoms with E-state index in [1.54, 1.807) is 0 Å². The molecule has 0 aliphatic rings. The Bertz CT molecular complexity index is 319. The number of anilines is 1. The molecule has 1 N–H and O–H groups in total. The lowest BCUT2D eigenvalue weighted by atomic mass is 10.1. The minimum absolute atomic E-state index is 0.268. The van der Waals surface area contributed by atoms with Gasteiger partial charge in [0.15, 0.2) is 0 Å². The first-order valence-electron chi connectivity index (χ1n) is 4.21. The van der Waals surface area contributed by atoms with Crippen LogP contribution in [0.3, 0.4) is 0 Å². The van der Waals surface area contributed by atoms with Crippen molar-refractivity contribution in [3.05, 3.63) is 35.7 Å². The number of benzene rings is 1. The summed E-state index contributed by atoms with van der Waals surface area (Å²) >= 11 is 0. The van der Waals surface area contributed by atoms with Crippen LogP contribution in [-0.4, -0.2) is 5.91 Å². The van der Waals surface area contributed by atoms with Crippen molar-refractivity contribution in [2.45, 2.75) is 20.8 Å². The summed E-state index contributed by atoms with van der Waals surface area (Å²) in [6, 6.07) is 4.08. The molecule has 0 fully saturated rings. The lowest BCUT2D eigenvalue weighted by Gasteiger charge is -2.10. The van der Waals surface area contributed by atoms with E-state index in [1.165, 1.54) is 5.56 Å². The van der Waals surface area contributed by atoms with E-state index < -0.39 is 0 Å². The molecule has 0 saturated carbocycles. The fourth-order valence-corrected chi connectivity index (χ4v) is 1.52. The summed E-state index contributed by atoms with van der Waals surface area (Å²) < 4.78 is 0. The molecule has 1 radical (unpaired) electrons. The van der Waals surface area contributed by atoms with Crippen molar-refractivity contribution < 1.29 is 4.79 Å². The van der Waals surface area contributed by atoms with Crippen LogP contribution in [0.15, 0.2) is 12.1 Å². The first-order valence-corrected chi connectivity index (χ1v) is 4.21. The molecule has 0 saturated heterocycles. The van der Waals surface area contributed by atoms with Crippen molar-refractivity contribution in [1.29, 1.82) is 0 Å². The molecule has 13 heavy (non-hydrogen) atoms. The quantitative estimate of drug-likeness (QED) is 0.699. The maximum Gasteiger partial charge on any atom is 0.224 e. The van der Waals surface area contributed by atoms with E-state index in [-0.39, 0.29) is 5.91 Å². The monoisotopic (exact) mass is 176 g/mol. The predicted octanol–water partition coefficient (Wildman–Crippen LogP) is 2.38. The summed E-state index contributed by atoms with van der Waals surface area (Å²) in [6.07, 6.45) is 0. The van der Waals surface area contributed by atoms with Gasteiger partial charge in [-0.1, -0.05) is 17.7 Å². The molecule has 0 aliphatic carbocycles. The van der Waals surface area contributed by atoms with Crippen molar-refractivity contribution >= 4 is 11.6 Å². The molecular weight excluding hydrogens is 162 g/mol. The van der Waals surface area contributed by atoms with E-state index in [0.717, 1.165) is 16.8 Å². The van der Waals surface area contributed by atoms with E-state index in [2.05, 4.69) is 12.2 Å². The van der Waals surface area contributed by atoms with E-state index in [1.807, 2.05) is 32.9 Å². The second kappa shape index (κ2) is 3.60. The number of carbonyl (C=O) groups is 1. The van der Waals surface area contributed by atoms with Crippen LogP contribution in [0, 0.1) is 27.7 Å². The van der Waals surface area contributed by atoms with Gasteiger partial charge in [0.05, 0.1) is 0 Å². The highest BCUT2D eigenvalue weighted by molar-refractivity contribution is 5.95. The van der Waals surface area contributed by atoms with Gasteiger partial charge >= 0.3 is 0 Å². The number of hydrogen-bond acceptors (Lipinski definition) is 1. The van der Waals surface area contributed by atoms with Gasteiger partial charge in [-0.3, -0.25) is 4.79 Å². The molecule has 0 aromatic heterocycles. The number of nitrogens with one attached hydrogen (secondary N) is 1. The van der Waals surface area contributed by atoms with Crippen LogP contribution in [0.2, 0.25) is 0 Å². The number of rotatable bonds is 1. The van der Waals surface area contributed by atoms with Gasteiger partial charge in [-0.2, -0.15) is 0 Å². The number of aryl methyl sites for hydroxylation is 3. The van der Waals surface area contributed by atoms with Gasteiger partial charge in [-0.25, -0.2) is 0 Å². The average molecular weight is 176 g/mol. The Morgan fingerprint density at radius 2 is 1.69 bits per heavy atom. The Morgan fingerprint density at radius 3 is 2.08 bits per heavy atom. The summed E-state index contributed by atoms with van der Waals surface area (Å²) in [7, 11) is 0. The molecular formula is C11H14NO. The van der Waals surface area contributed by atoms with E-state index >= 15 is 0 Å². The van der Waals surface area contributed by atoms with E-state index in [0.29, 0.717) is 0 Å². The second-order valence-corrected chi connectivity index (χ2v) is 3.32. The molecule has 1 amide bonds. The highest BCUT2D eigenvalue weighted by atomic mass is 16.1. The van der Waals surface area contributed by atoms with Crippen molar-refractivity contribution in [3.8, 4) is 0 Å². The molecule has 0 bridgehead atoms. The summed E-state index contributed by atoms with van der Waals surface area (Å²) in [6.45, 7) is 9.28. The maximum absolute atomic E-state index is 10.8. The van der Waals surface area contributed by atoms with Crippen LogP contribution in [0.5, 0.6) is 0 Å². The van der Waals surface area contributed by atoms with Gasteiger partial charge in [0, 0.05) is 12.6 Å². The number of hydrogen-bond donors (Lipinski definition) is 1. The van der Waals surface area contributed by atoms with Crippen LogP contribution in [0.25, 0.3) is 0 Å². The Balaban J connectivity index is 3.13. The molecule has 2 nitrogen and oxygen atoms in total. The Morgan fingerprint density at radius 1 is 1.23 bits per heavy atom. The fourth-order valence-electron chi connectivity index (χ4n) is 1.52. The molecule has 0 spiro atoms. The third-order valence-electron chi connectivity index (χ3n) is 1.94. The zero-order chi connectivity index (χ0) is 10.0. The molecule has 1 aromatic rings. The lowest BCUT2D eigenvalue weighted by Crippen LogP contribution is -2.09. The summed E-state index contributed by atoms with van der Waals surface area (Å²) in [4.78, 5) is 10.8. The zero-order valence-corrected chi connectivity index (χ0v) is 8.27. The van der Waals surface area contributed by atoms with Crippen molar-refractivity contribution in [1.82, 2.24) is 0 Å². The third-order valence-corrected chi connectivity index (χ3v) is 1.94. The molecule has 0 aliphatic heterocycles. The van der Waals surface area contributed by atoms with Crippen LogP contribution >= 0.6 is 0 Å². The summed E-state index contributed by atoms with van der Waals surface area (Å²) in [5.74, 6) is -0.268. The van der Waals surface area contributed by atoms with Gasteiger partial charge in [-0.15, -0.1) is 0 Å². The van der Waals surface area contributed by atoms with Crippen LogP contribution in [0.1, 0.15) is 16.7 Å². The third kappa shape index (κ3) is 2.31. The van der Waals surface area contributed by atoms with E-state index in [9.17, 15) is 4.79 Å². The SMILES string of the molecule is [CH2]C(=O)Nc1c(C)cc(C)cc1C. The Hall–Kier alpha value is -1.31. The Labute approximate surface area is 79.0 Å². The van der Waals surface area contributed by atoms with Gasteiger partial charge in [0.25, 0.3) is 0 Å². The minimum Gasteiger partial charge on any atom is -0.326 e. The van der Waals surface area contributed by atoms with Gasteiger partial charge in [-0.05, 0) is 31.9 Å². The Kier molecular flexibility index (Phi) is 2.71. The maximum atomic E-state index is 10.8. The number of amides is 1. The van der Waals surface area contributed by atoms with Gasteiger partial charge in [0.2, 0.25) is 5.91 Å². The molecule has 1 rings (SSSR count). The van der Waals surface area contributed by atoms with Crippen molar-refractivity contribution in [3.63, 3.8) is 0 Å². The smallest absolute Gasteiger partial charge is 0.224 e. The highest BCUT2D eigenvalue weighted by Gasteiger charge is 2.04.